The lowest BCUT2D eigenvalue weighted by molar-refractivity contribution is -0.137. The monoisotopic (exact) mass is 369 g/mol. The number of benzene rings is 1. The molecule has 2 rings (SSSR count). The largest absolute Gasteiger partial charge is 0.418 e. The standard InChI is InChI=1S/C12H9BrF5N3/c13-7-1-2-9(8(5-7)12(16,17)18)20-6-10-19-3-4-21(10)11(14)15/h1-5,11,20H,6H2. The third-order valence-corrected chi connectivity index (χ3v) is 3.18. The number of hydrogen-bond donors (Lipinski definition) is 1. The van der Waals surface area contributed by atoms with E-state index in [-0.39, 0.29) is 22.5 Å². The number of alkyl halides is 5. The summed E-state index contributed by atoms with van der Waals surface area (Å²) in [5.74, 6) is -0.0546. The van der Waals surface area contributed by atoms with E-state index in [1.165, 1.54) is 12.1 Å². The van der Waals surface area contributed by atoms with Crippen molar-refractivity contribution in [3.05, 3.63) is 46.5 Å². The number of aromatic nitrogens is 2. The van der Waals surface area contributed by atoms with E-state index in [1.54, 1.807) is 0 Å². The molecular formula is C12H9BrF5N3. The summed E-state index contributed by atoms with van der Waals surface area (Å²) in [6.45, 7) is -3.04. The third-order valence-electron chi connectivity index (χ3n) is 2.68. The van der Waals surface area contributed by atoms with E-state index in [9.17, 15) is 22.0 Å². The first-order valence-electron chi connectivity index (χ1n) is 5.69. The lowest BCUT2D eigenvalue weighted by Crippen LogP contribution is -2.13. The Morgan fingerprint density at radius 2 is 2.00 bits per heavy atom. The summed E-state index contributed by atoms with van der Waals surface area (Å²) in [6, 6.07) is 3.57. The van der Waals surface area contributed by atoms with Crippen molar-refractivity contribution in [2.45, 2.75) is 19.3 Å². The van der Waals surface area contributed by atoms with Gasteiger partial charge in [0.1, 0.15) is 5.82 Å². The summed E-state index contributed by atoms with van der Waals surface area (Å²) < 4.78 is 64.8. The van der Waals surface area contributed by atoms with E-state index in [0.717, 1.165) is 18.5 Å². The van der Waals surface area contributed by atoms with Crippen LogP contribution in [-0.4, -0.2) is 9.55 Å². The molecule has 1 N–H and O–H groups in total. The molecule has 0 saturated heterocycles. The number of anilines is 1. The van der Waals surface area contributed by atoms with Crippen LogP contribution in [-0.2, 0) is 12.7 Å². The second-order valence-electron chi connectivity index (χ2n) is 4.07. The van der Waals surface area contributed by atoms with Gasteiger partial charge in [0.05, 0.1) is 12.1 Å². The predicted octanol–water partition coefficient (Wildman–Crippen LogP) is 4.67. The van der Waals surface area contributed by atoms with Gasteiger partial charge in [-0.2, -0.15) is 22.0 Å². The Bertz CT molecular complexity index is 624. The molecule has 21 heavy (non-hydrogen) atoms. The number of hydrogen-bond acceptors (Lipinski definition) is 2. The van der Waals surface area contributed by atoms with E-state index < -0.39 is 18.3 Å². The van der Waals surface area contributed by atoms with Gasteiger partial charge in [-0.1, -0.05) is 15.9 Å². The summed E-state index contributed by atoms with van der Waals surface area (Å²) in [5, 5.41) is 2.49. The molecule has 0 unspecified atom stereocenters. The van der Waals surface area contributed by atoms with Crippen molar-refractivity contribution in [1.29, 1.82) is 0 Å². The van der Waals surface area contributed by atoms with Gasteiger partial charge in [-0.3, -0.25) is 4.57 Å². The normalized spacial score (nSPS) is 12.0. The fourth-order valence-corrected chi connectivity index (χ4v) is 2.10. The first kappa shape index (κ1) is 15.7. The van der Waals surface area contributed by atoms with Crippen molar-refractivity contribution in [2.75, 3.05) is 5.32 Å². The Morgan fingerprint density at radius 3 is 2.62 bits per heavy atom. The molecule has 114 valence electrons. The lowest BCUT2D eigenvalue weighted by atomic mass is 10.1. The van der Waals surface area contributed by atoms with Crippen LogP contribution in [0.1, 0.15) is 17.9 Å². The van der Waals surface area contributed by atoms with Crippen LogP contribution in [0.15, 0.2) is 35.1 Å². The SMILES string of the molecule is FC(F)n1ccnc1CNc1ccc(Br)cc1C(F)(F)F. The van der Waals surface area contributed by atoms with Gasteiger partial charge >= 0.3 is 12.7 Å². The number of nitrogens with one attached hydrogen (secondary N) is 1. The topological polar surface area (TPSA) is 29.9 Å². The fourth-order valence-electron chi connectivity index (χ4n) is 1.74. The van der Waals surface area contributed by atoms with Crippen LogP contribution >= 0.6 is 15.9 Å². The highest BCUT2D eigenvalue weighted by Gasteiger charge is 2.33. The van der Waals surface area contributed by atoms with Gasteiger partial charge in [-0.15, -0.1) is 0 Å². The van der Waals surface area contributed by atoms with Crippen molar-refractivity contribution < 1.29 is 22.0 Å². The van der Waals surface area contributed by atoms with Crippen LogP contribution in [0.2, 0.25) is 0 Å². The van der Waals surface area contributed by atoms with Crippen molar-refractivity contribution in [2.24, 2.45) is 0 Å². The van der Waals surface area contributed by atoms with Crippen LogP contribution in [0.25, 0.3) is 0 Å². The fraction of sp³-hybridized carbons (Fsp3) is 0.250. The molecule has 0 saturated carbocycles. The molecule has 0 spiro atoms. The van der Waals surface area contributed by atoms with Gasteiger partial charge in [0.15, 0.2) is 0 Å². The Labute approximate surface area is 124 Å². The first-order chi connectivity index (χ1) is 9.79. The van der Waals surface area contributed by atoms with E-state index in [0.29, 0.717) is 4.57 Å². The van der Waals surface area contributed by atoms with Crippen LogP contribution in [0, 0.1) is 0 Å². The number of rotatable bonds is 4. The molecule has 3 nitrogen and oxygen atoms in total. The minimum absolute atomic E-state index is 0.0546. The second-order valence-corrected chi connectivity index (χ2v) is 4.99. The van der Waals surface area contributed by atoms with Gasteiger partial charge in [0.2, 0.25) is 0 Å². The quantitative estimate of drug-likeness (QED) is 0.793. The van der Waals surface area contributed by atoms with Crippen molar-refractivity contribution in [1.82, 2.24) is 9.55 Å². The predicted molar refractivity (Wildman–Crippen MR) is 70.0 cm³/mol. The first-order valence-corrected chi connectivity index (χ1v) is 6.49. The average molecular weight is 370 g/mol. The summed E-state index contributed by atoms with van der Waals surface area (Å²) in [5.41, 5.74) is -1.08. The van der Waals surface area contributed by atoms with Gasteiger partial charge in [0, 0.05) is 22.6 Å². The van der Waals surface area contributed by atoms with Crippen LogP contribution < -0.4 is 5.32 Å². The second kappa shape index (κ2) is 6.00. The highest BCUT2D eigenvalue weighted by Crippen LogP contribution is 2.36. The highest BCUT2D eigenvalue weighted by molar-refractivity contribution is 9.10. The maximum atomic E-state index is 12.9. The molecule has 0 amide bonds. The Balaban J connectivity index is 2.22. The smallest absolute Gasteiger partial charge is 0.377 e. The molecule has 0 radical (unpaired) electrons. The lowest BCUT2D eigenvalue weighted by Gasteiger charge is -2.15. The minimum Gasteiger partial charge on any atom is -0.377 e. The zero-order valence-corrected chi connectivity index (χ0v) is 11.9. The number of halogens is 6. The van der Waals surface area contributed by atoms with E-state index in [1.807, 2.05) is 0 Å². The van der Waals surface area contributed by atoms with Crippen LogP contribution in [0.4, 0.5) is 27.6 Å². The molecule has 2 aromatic rings. The molecular weight excluding hydrogens is 361 g/mol. The van der Waals surface area contributed by atoms with Gasteiger partial charge in [-0.25, -0.2) is 4.98 Å². The van der Waals surface area contributed by atoms with E-state index >= 15 is 0 Å². The Morgan fingerprint density at radius 1 is 1.29 bits per heavy atom. The van der Waals surface area contributed by atoms with E-state index in [2.05, 4.69) is 26.2 Å². The molecule has 0 aliphatic carbocycles. The van der Waals surface area contributed by atoms with Crippen molar-refractivity contribution in [3.63, 3.8) is 0 Å². The molecule has 0 atom stereocenters. The summed E-state index contributed by atoms with van der Waals surface area (Å²) in [4.78, 5) is 3.69. The van der Waals surface area contributed by atoms with Crippen LogP contribution in [0.3, 0.4) is 0 Å². The molecule has 0 fully saturated rings. The average Bonchev–Trinajstić information content (AvgIpc) is 2.84. The Kier molecular flexibility index (Phi) is 4.50. The minimum atomic E-state index is -4.55. The van der Waals surface area contributed by atoms with E-state index in [4.69, 9.17) is 0 Å². The van der Waals surface area contributed by atoms with Gasteiger partial charge < -0.3 is 5.32 Å². The molecule has 1 aromatic heterocycles. The third kappa shape index (κ3) is 3.72. The van der Waals surface area contributed by atoms with Gasteiger partial charge in [0.25, 0.3) is 0 Å². The Hall–Kier alpha value is -1.64. The van der Waals surface area contributed by atoms with Crippen LogP contribution in [0.5, 0.6) is 0 Å². The zero-order chi connectivity index (χ0) is 15.6. The van der Waals surface area contributed by atoms with Gasteiger partial charge in [-0.05, 0) is 18.2 Å². The highest BCUT2D eigenvalue weighted by atomic mass is 79.9. The summed E-state index contributed by atoms with van der Waals surface area (Å²) >= 11 is 2.97. The molecule has 0 aliphatic rings. The molecule has 1 heterocycles. The van der Waals surface area contributed by atoms with Crippen molar-refractivity contribution >= 4 is 21.6 Å². The number of imidazole rings is 1. The zero-order valence-electron chi connectivity index (χ0n) is 10.3. The molecule has 1 aromatic carbocycles. The number of nitrogens with zero attached hydrogens (tertiary/aromatic N) is 2. The summed E-state index contributed by atoms with van der Waals surface area (Å²) in [7, 11) is 0. The summed E-state index contributed by atoms with van der Waals surface area (Å²) in [6.07, 6.45) is -2.33. The van der Waals surface area contributed by atoms with Crippen molar-refractivity contribution in [3.8, 4) is 0 Å². The maximum Gasteiger partial charge on any atom is 0.418 e. The molecule has 0 aliphatic heterocycles. The molecule has 9 heteroatoms. The maximum absolute atomic E-state index is 12.9. The molecule has 0 bridgehead atoms.